The fourth-order valence-electron chi connectivity index (χ4n) is 7.73. The van der Waals surface area contributed by atoms with Gasteiger partial charge in [0.2, 0.25) is 21.8 Å². The van der Waals surface area contributed by atoms with E-state index in [2.05, 4.69) is 20.3 Å². The van der Waals surface area contributed by atoms with Crippen LogP contribution in [0.1, 0.15) is 90.2 Å². The third kappa shape index (κ3) is 7.70. The molecule has 302 valence electrons. The number of halogens is 4. The Hall–Kier alpha value is -4.67. The van der Waals surface area contributed by atoms with E-state index in [4.69, 9.17) is 4.74 Å². The summed E-state index contributed by atoms with van der Waals surface area (Å²) >= 11 is 0. The van der Waals surface area contributed by atoms with Crippen LogP contribution in [-0.2, 0) is 30.6 Å². The van der Waals surface area contributed by atoms with Crippen LogP contribution in [0.5, 0.6) is 6.01 Å². The molecule has 2 aliphatic heterocycles. The highest BCUT2D eigenvalue weighted by atomic mass is 32.2. The lowest BCUT2D eigenvalue weighted by Gasteiger charge is -2.30. The molecule has 0 bridgehead atoms. The number of alkyl halides is 3. The number of carbonyl (C=O) groups excluding carboxylic acids is 3. The summed E-state index contributed by atoms with van der Waals surface area (Å²) in [6.45, 7) is 5.36. The summed E-state index contributed by atoms with van der Waals surface area (Å²) in [6, 6.07) is 7.73. The monoisotopic (exact) mass is 802 g/mol. The van der Waals surface area contributed by atoms with Crippen molar-refractivity contribution in [3.05, 3.63) is 66.0 Å². The molecule has 2 aromatic carbocycles. The van der Waals surface area contributed by atoms with Gasteiger partial charge in [-0.05, 0) is 89.6 Å². The molecule has 0 unspecified atom stereocenters. The van der Waals surface area contributed by atoms with E-state index in [1.165, 1.54) is 4.90 Å². The molecule has 17 heteroatoms. The van der Waals surface area contributed by atoms with Crippen LogP contribution in [0.15, 0.2) is 54.6 Å². The number of allylic oxidation sites excluding steroid dienone is 1. The van der Waals surface area contributed by atoms with E-state index in [1.807, 2.05) is 54.8 Å². The molecule has 56 heavy (non-hydrogen) atoms. The summed E-state index contributed by atoms with van der Waals surface area (Å²) in [7, 11) is -4.05. The summed E-state index contributed by atoms with van der Waals surface area (Å²) in [5.74, 6) is -4.13. The molecule has 7 rings (SSSR count). The quantitative estimate of drug-likeness (QED) is 0.186. The zero-order valence-corrected chi connectivity index (χ0v) is 32.2. The molecule has 0 spiro atoms. The second-order valence-corrected chi connectivity index (χ2v) is 18.1. The normalized spacial score (nSPS) is 27.4. The number of carbonyl (C=O) groups is 3. The molecule has 2 saturated carbocycles. The Morgan fingerprint density at radius 3 is 2.55 bits per heavy atom. The van der Waals surface area contributed by atoms with Gasteiger partial charge >= 0.3 is 6.18 Å². The molecule has 3 fully saturated rings. The van der Waals surface area contributed by atoms with Crippen LogP contribution >= 0.6 is 0 Å². The number of rotatable bonds is 8. The minimum absolute atomic E-state index is 0.0328. The van der Waals surface area contributed by atoms with Gasteiger partial charge in [-0.25, -0.2) is 12.8 Å². The average molecular weight is 803 g/mol. The largest absolute Gasteiger partial charge is 0.459 e. The van der Waals surface area contributed by atoms with Crippen LogP contribution in [0.3, 0.4) is 0 Å². The zero-order chi connectivity index (χ0) is 40.2. The first-order valence-corrected chi connectivity index (χ1v) is 20.5. The summed E-state index contributed by atoms with van der Waals surface area (Å²) in [5.41, 5.74) is -1.71. The van der Waals surface area contributed by atoms with Gasteiger partial charge in [-0.1, -0.05) is 37.1 Å². The number of nitrogens with one attached hydrogen (secondary N) is 3. The Kier molecular flexibility index (Phi) is 10.4. The van der Waals surface area contributed by atoms with Gasteiger partial charge in [-0.3, -0.25) is 23.7 Å². The predicted octanol–water partition coefficient (Wildman–Crippen LogP) is 6.00. The van der Waals surface area contributed by atoms with Crippen LogP contribution in [0.4, 0.5) is 23.2 Å². The van der Waals surface area contributed by atoms with Crippen molar-refractivity contribution in [2.24, 2.45) is 5.92 Å². The van der Waals surface area contributed by atoms with Gasteiger partial charge < -0.3 is 20.3 Å². The third-order valence-electron chi connectivity index (χ3n) is 11.4. The maximum Gasteiger partial charge on any atom is 0.419 e. The minimum Gasteiger partial charge on any atom is -0.459 e. The molecule has 1 saturated heterocycles. The molecule has 5 atom stereocenters. The van der Waals surface area contributed by atoms with Crippen molar-refractivity contribution in [1.82, 2.24) is 24.5 Å². The number of hydrogen-bond acceptors (Lipinski definition) is 8. The van der Waals surface area contributed by atoms with E-state index in [0.717, 1.165) is 11.6 Å². The van der Waals surface area contributed by atoms with E-state index >= 15 is 0 Å². The Balaban J connectivity index is 1.22. The van der Waals surface area contributed by atoms with Crippen molar-refractivity contribution in [3.63, 3.8) is 0 Å². The van der Waals surface area contributed by atoms with E-state index in [0.29, 0.717) is 56.2 Å². The highest BCUT2D eigenvalue weighted by Crippen LogP contribution is 2.47. The molecule has 1 aromatic heterocycles. The standard InChI is InChI=1S/C39H46F4N6O6S/c1-23(2)49-31-14-10-9-12-29(31)45-36(49)55-26-20-32-33(50)46-38(35(52)47-56(53,54)37(3)17-18-37)21-24(38)11-7-5-4-6-8-13-30(34(51)48(32)22-26)44-25-15-16-28(40)27(19-25)39(41,42)43/h7,9-12,14-16,19,23-24,26,30,32,44H,4-6,8,13,17-18,20-22H2,1-3H3,(H,46,50)(H,47,52)/b11-7-/t24-,26+,30-,32-,38+/m0/s1. The number of ether oxygens (including phenoxy) is 1. The van der Waals surface area contributed by atoms with Gasteiger partial charge in [0, 0.05) is 24.1 Å². The molecule has 3 N–H and O–H groups in total. The van der Waals surface area contributed by atoms with Crippen LogP contribution in [0.2, 0.25) is 0 Å². The number of fused-ring (bicyclic) bond motifs is 3. The lowest BCUT2D eigenvalue weighted by molar-refractivity contribution is -0.140. The lowest BCUT2D eigenvalue weighted by atomic mass is 10.0. The summed E-state index contributed by atoms with van der Waals surface area (Å²) in [4.78, 5) is 48.9. The number of amides is 3. The number of benzene rings is 2. The number of hydrogen-bond donors (Lipinski definition) is 3. The maximum absolute atomic E-state index is 14.6. The van der Waals surface area contributed by atoms with Gasteiger partial charge in [-0.2, -0.15) is 18.2 Å². The van der Waals surface area contributed by atoms with Crippen LogP contribution in [0.25, 0.3) is 11.0 Å². The fraction of sp³-hybridized carbons (Fsp3) is 0.538. The maximum atomic E-state index is 14.6. The Morgan fingerprint density at radius 1 is 1.09 bits per heavy atom. The van der Waals surface area contributed by atoms with Crippen molar-refractivity contribution in [2.75, 3.05) is 11.9 Å². The second kappa shape index (κ2) is 14.7. The van der Waals surface area contributed by atoms with Crippen LogP contribution in [-0.4, -0.2) is 75.6 Å². The number of nitrogens with zero attached hydrogens (tertiary/aromatic N) is 3. The van der Waals surface area contributed by atoms with Crippen LogP contribution in [0, 0.1) is 11.7 Å². The number of aromatic nitrogens is 2. The predicted molar refractivity (Wildman–Crippen MR) is 199 cm³/mol. The summed E-state index contributed by atoms with van der Waals surface area (Å²) in [6.07, 6.45) is 1.47. The highest BCUT2D eigenvalue weighted by molar-refractivity contribution is 7.91. The molecule has 3 amide bonds. The Morgan fingerprint density at radius 2 is 1.84 bits per heavy atom. The number of para-hydroxylation sites is 2. The van der Waals surface area contributed by atoms with Crippen molar-refractivity contribution < 1.29 is 45.1 Å². The molecule has 2 aliphatic carbocycles. The van der Waals surface area contributed by atoms with Crippen LogP contribution < -0.4 is 20.1 Å². The highest BCUT2D eigenvalue weighted by Gasteiger charge is 2.63. The zero-order valence-electron chi connectivity index (χ0n) is 31.4. The molecule has 12 nitrogen and oxygen atoms in total. The van der Waals surface area contributed by atoms with E-state index < -0.39 is 79.7 Å². The molecular formula is C39H46F4N6O6S. The van der Waals surface area contributed by atoms with Gasteiger partial charge in [0.1, 0.15) is 29.5 Å². The first-order chi connectivity index (χ1) is 26.4. The molecule has 3 aromatic rings. The Labute approximate surface area is 322 Å². The molecular weight excluding hydrogens is 757 g/mol. The number of sulfonamides is 1. The van der Waals surface area contributed by atoms with Gasteiger partial charge in [0.15, 0.2) is 0 Å². The molecule has 4 aliphatic rings. The first kappa shape index (κ1) is 39.6. The summed E-state index contributed by atoms with van der Waals surface area (Å²) in [5, 5.41) is 5.72. The summed E-state index contributed by atoms with van der Waals surface area (Å²) < 4.78 is 91.0. The van der Waals surface area contributed by atoms with Gasteiger partial charge in [0.05, 0.1) is 27.9 Å². The first-order valence-electron chi connectivity index (χ1n) is 19.1. The van der Waals surface area contributed by atoms with E-state index in [9.17, 15) is 40.4 Å². The minimum atomic E-state index is -4.98. The number of imidazole rings is 1. The third-order valence-corrected chi connectivity index (χ3v) is 13.6. The fourth-order valence-corrected chi connectivity index (χ4v) is 9.05. The second-order valence-electron chi connectivity index (χ2n) is 15.9. The lowest BCUT2D eigenvalue weighted by Crippen LogP contribution is -2.58. The van der Waals surface area contributed by atoms with Crippen molar-refractivity contribution in [3.8, 4) is 6.01 Å². The van der Waals surface area contributed by atoms with Gasteiger partial charge in [0.25, 0.3) is 11.9 Å². The van der Waals surface area contributed by atoms with Crippen molar-refractivity contribution in [1.29, 1.82) is 0 Å². The van der Waals surface area contributed by atoms with Gasteiger partial charge in [-0.15, -0.1) is 0 Å². The molecule has 3 heterocycles. The average Bonchev–Trinajstić information content (AvgIpc) is 3.95. The Bertz CT molecular complexity index is 2170. The van der Waals surface area contributed by atoms with Crippen molar-refractivity contribution >= 4 is 44.5 Å². The van der Waals surface area contributed by atoms with E-state index in [1.54, 1.807) is 6.92 Å². The number of anilines is 1. The molecule has 0 radical (unpaired) electrons. The topological polar surface area (TPSA) is 152 Å². The van der Waals surface area contributed by atoms with Crippen molar-refractivity contribution in [2.45, 2.75) is 119 Å². The SMILES string of the molecule is CC(C)n1c(O[C@@H]2C[C@H]3C(=O)N[C@]4(C(=O)NS(=O)(=O)C5(C)CC5)C[C@@H]4/C=C\CCCCC[C@H](Nc4ccc(F)c(C(F)(F)F)c4)C(=O)N3C2)nc2ccccc21. The smallest absolute Gasteiger partial charge is 0.419 e. The van der Waals surface area contributed by atoms with E-state index in [-0.39, 0.29) is 43.5 Å².